The largest absolute Gasteiger partial charge is 0.367 e. The van der Waals surface area contributed by atoms with Crippen molar-refractivity contribution >= 4 is 11.7 Å². The van der Waals surface area contributed by atoms with E-state index in [2.05, 4.69) is 5.32 Å². The summed E-state index contributed by atoms with van der Waals surface area (Å²) >= 11 is 0. The molecule has 3 heterocycles. The molecule has 3 aliphatic rings. The standard InChI is InChI=1S/C20H23N3O/c24-20-17-14-9-4-5-10-15(14)19(21-13-7-2-1-3-8-13)22-18(17)16-11-6-12-23(16)20/h6,11-13H,1-5,7-10H2,(H,21,22). The number of hydrogen-bond acceptors (Lipinski definition) is 3. The molecule has 0 spiro atoms. The number of hydrogen-bond donors (Lipinski definition) is 1. The molecule has 2 aromatic rings. The van der Waals surface area contributed by atoms with Gasteiger partial charge in [0.05, 0.1) is 11.3 Å². The fourth-order valence-corrected chi connectivity index (χ4v) is 4.67. The molecule has 2 aromatic heterocycles. The minimum absolute atomic E-state index is 0.111. The van der Waals surface area contributed by atoms with E-state index in [0.717, 1.165) is 35.6 Å². The lowest BCUT2D eigenvalue weighted by Gasteiger charge is -2.27. The van der Waals surface area contributed by atoms with Crippen LogP contribution in [0.15, 0.2) is 18.3 Å². The van der Waals surface area contributed by atoms with E-state index in [1.165, 1.54) is 56.1 Å². The van der Waals surface area contributed by atoms with E-state index in [-0.39, 0.29) is 5.91 Å². The van der Waals surface area contributed by atoms with Gasteiger partial charge in [-0.05, 0) is 61.8 Å². The highest BCUT2D eigenvalue weighted by atomic mass is 16.2. The normalized spacial score (nSPS) is 19.8. The second-order valence-electron chi connectivity index (χ2n) is 7.40. The van der Waals surface area contributed by atoms with Crippen molar-refractivity contribution in [3.8, 4) is 11.4 Å². The molecule has 1 aliphatic heterocycles. The summed E-state index contributed by atoms with van der Waals surface area (Å²) in [5.41, 5.74) is 5.29. The zero-order valence-electron chi connectivity index (χ0n) is 14.0. The van der Waals surface area contributed by atoms with Crippen molar-refractivity contribution in [1.82, 2.24) is 9.55 Å². The summed E-state index contributed by atoms with van der Waals surface area (Å²) in [6.07, 6.45) is 12.8. The molecule has 4 nitrogen and oxygen atoms in total. The summed E-state index contributed by atoms with van der Waals surface area (Å²) in [5.74, 6) is 1.16. The molecule has 0 saturated heterocycles. The molecule has 0 amide bonds. The van der Waals surface area contributed by atoms with Gasteiger partial charge in [-0.3, -0.25) is 9.36 Å². The highest BCUT2D eigenvalue weighted by Crippen LogP contribution is 2.40. The molecule has 1 saturated carbocycles. The molecule has 0 aromatic carbocycles. The van der Waals surface area contributed by atoms with Crippen LogP contribution in [0, 0.1) is 0 Å². The number of aromatic nitrogens is 2. The third-order valence-electron chi connectivity index (χ3n) is 5.89. The van der Waals surface area contributed by atoms with Crippen molar-refractivity contribution in [3.05, 3.63) is 35.0 Å². The lowest BCUT2D eigenvalue weighted by molar-refractivity contribution is 0.0968. The minimum atomic E-state index is 0.111. The van der Waals surface area contributed by atoms with E-state index in [4.69, 9.17) is 4.98 Å². The Morgan fingerprint density at radius 2 is 1.83 bits per heavy atom. The van der Waals surface area contributed by atoms with Crippen molar-refractivity contribution in [2.75, 3.05) is 5.32 Å². The molecule has 5 rings (SSSR count). The molecule has 24 heavy (non-hydrogen) atoms. The molecule has 0 unspecified atom stereocenters. The van der Waals surface area contributed by atoms with Crippen molar-refractivity contribution in [2.24, 2.45) is 0 Å². The van der Waals surface area contributed by atoms with Crippen molar-refractivity contribution in [2.45, 2.75) is 63.8 Å². The maximum atomic E-state index is 12.8. The van der Waals surface area contributed by atoms with Crippen LogP contribution in [0.1, 0.15) is 66.4 Å². The van der Waals surface area contributed by atoms with Gasteiger partial charge < -0.3 is 5.32 Å². The van der Waals surface area contributed by atoms with Crippen molar-refractivity contribution < 1.29 is 4.79 Å². The number of carbonyl (C=O) groups excluding carboxylic acids is 1. The maximum Gasteiger partial charge on any atom is 0.264 e. The Balaban J connectivity index is 1.63. The first-order valence-corrected chi connectivity index (χ1v) is 9.37. The van der Waals surface area contributed by atoms with E-state index in [1.807, 2.05) is 18.3 Å². The van der Waals surface area contributed by atoms with Gasteiger partial charge in [0.15, 0.2) is 0 Å². The zero-order chi connectivity index (χ0) is 16.1. The summed E-state index contributed by atoms with van der Waals surface area (Å²) < 4.78 is 1.76. The zero-order valence-corrected chi connectivity index (χ0v) is 14.0. The summed E-state index contributed by atoms with van der Waals surface area (Å²) in [6, 6.07) is 4.49. The number of nitrogens with zero attached hydrogens (tertiary/aromatic N) is 2. The lowest BCUT2D eigenvalue weighted by atomic mass is 9.87. The average molecular weight is 321 g/mol. The van der Waals surface area contributed by atoms with Gasteiger partial charge in [-0.2, -0.15) is 0 Å². The van der Waals surface area contributed by atoms with Crippen LogP contribution in [0.3, 0.4) is 0 Å². The van der Waals surface area contributed by atoms with Crippen LogP contribution in [-0.4, -0.2) is 21.5 Å². The van der Waals surface area contributed by atoms with Crippen LogP contribution in [-0.2, 0) is 12.8 Å². The van der Waals surface area contributed by atoms with E-state index in [1.54, 1.807) is 4.57 Å². The molecule has 124 valence electrons. The van der Waals surface area contributed by atoms with Gasteiger partial charge in [0.25, 0.3) is 5.91 Å². The molecule has 1 N–H and O–H groups in total. The Bertz CT molecular complexity index is 815. The topological polar surface area (TPSA) is 46.9 Å². The van der Waals surface area contributed by atoms with Gasteiger partial charge >= 0.3 is 0 Å². The number of fused-ring (bicyclic) bond motifs is 5. The molecule has 0 atom stereocenters. The Morgan fingerprint density at radius 3 is 2.67 bits per heavy atom. The predicted octanol–water partition coefficient (Wildman–Crippen LogP) is 4.18. The van der Waals surface area contributed by atoms with Crippen LogP contribution in [0.2, 0.25) is 0 Å². The maximum absolute atomic E-state index is 12.8. The van der Waals surface area contributed by atoms with Crippen LogP contribution >= 0.6 is 0 Å². The minimum Gasteiger partial charge on any atom is -0.367 e. The summed E-state index contributed by atoms with van der Waals surface area (Å²) in [7, 11) is 0. The van der Waals surface area contributed by atoms with Gasteiger partial charge in [0.1, 0.15) is 11.5 Å². The fourth-order valence-electron chi connectivity index (χ4n) is 4.67. The first-order valence-electron chi connectivity index (χ1n) is 9.37. The molecule has 0 bridgehead atoms. The SMILES string of the molecule is O=C1c2c(nc(NC3CCCCC3)c3c2CCCC3)-c2cccn21. The monoisotopic (exact) mass is 321 g/mol. The third kappa shape index (κ3) is 2.05. The third-order valence-corrected chi connectivity index (χ3v) is 5.89. The number of carbonyl (C=O) groups is 1. The van der Waals surface area contributed by atoms with Crippen LogP contribution < -0.4 is 5.32 Å². The number of pyridine rings is 1. The Kier molecular flexibility index (Phi) is 3.25. The first-order chi connectivity index (χ1) is 11.8. The van der Waals surface area contributed by atoms with Gasteiger partial charge in [-0.25, -0.2) is 4.98 Å². The van der Waals surface area contributed by atoms with Crippen LogP contribution in [0.4, 0.5) is 5.82 Å². The molecular weight excluding hydrogens is 298 g/mol. The van der Waals surface area contributed by atoms with Crippen LogP contribution in [0.25, 0.3) is 11.4 Å². The highest BCUT2D eigenvalue weighted by Gasteiger charge is 2.34. The van der Waals surface area contributed by atoms with E-state index >= 15 is 0 Å². The van der Waals surface area contributed by atoms with Gasteiger partial charge in [-0.1, -0.05) is 19.3 Å². The van der Waals surface area contributed by atoms with Gasteiger partial charge in [0.2, 0.25) is 0 Å². The van der Waals surface area contributed by atoms with E-state index in [0.29, 0.717) is 6.04 Å². The summed E-state index contributed by atoms with van der Waals surface area (Å²) in [6.45, 7) is 0. The van der Waals surface area contributed by atoms with Gasteiger partial charge in [-0.15, -0.1) is 0 Å². The number of nitrogens with one attached hydrogen (secondary N) is 1. The average Bonchev–Trinajstić information content (AvgIpc) is 3.20. The summed E-state index contributed by atoms with van der Waals surface area (Å²) in [5, 5.41) is 3.74. The molecule has 0 radical (unpaired) electrons. The van der Waals surface area contributed by atoms with Gasteiger partial charge in [0, 0.05) is 12.2 Å². The Morgan fingerprint density at radius 1 is 1.04 bits per heavy atom. The van der Waals surface area contributed by atoms with Crippen LogP contribution in [0.5, 0.6) is 0 Å². The second kappa shape index (κ2) is 5.47. The molecule has 2 aliphatic carbocycles. The smallest absolute Gasteiger partial charge is 0.264 e. The lowest BCUT2D eigenvalue weighted by Crippen LogP contribution is -2.25. The molecular formula is C20H23N3O. The molecule has 4 heteroatoms. The number of anilines is 1. The first kappa shape index (κ1) is 14.3. The highest BCUT2D eigenvalue weighted by molar-refractivity contribution is 6.09. The predicted molar refractivity (Wildman–Crippen MR) is 94.5 cm³/mol. The second-order valence-corrected chi connectivity index (χ2v) is 7.40. The van der Waals surface area contributed by atoms with Crippen molar-refractivity contribution in [1.29, 1.82) is 0 Å². The number of rotatable bonds is 2. The van der Waals surface area contributed by atoms with Crippen molar-refractivity contribution in [3.63, 3.8) is 0 Å². The Hall–Kier alpha value is -2.10. The summed E-state index contributed by atoms with van der Waals surface area (Å²) in [4.78, 5) is 17.8. The fraction of sp³-hybridized carbons (Fsp3) is 0.500. The quantitative estimate of drug-likeness (QED) is 0.770. The Labute approximate surface area is 142 Å². The van der Waals surface area contributed by atoms with E-state index < -0.39 is 0 Å². The molecule has 1 fully saturated rings. The van der Waals surface area contributed by atoms with E-state index in [9.17, 15) is 4.79 Å².